The van der Waals surface area contributed by atoms with Crippen LogP contribution in [0.25, 0.3) is 5.57 Å². The van der Waals surface area contributed by atoms with Gasteiger partial charge in [0.25, 0.3) is 11.8 Å². The average Bonchev–Trinajstić information content (AvgIpc) is 2.99. The monoisotopic (exact) mass is 440 g/mol. The molecule has 1 saturated heterocycles. The van der Waals surface area contributed by atoms with Crippen molar-refractivity contribution in [1.82, 2.24) is 4.90 Å². The van der Waals surface area contributed by atoms with Crippen molar-refractivity contribution in [2.45, 2.75) is 39.7 Å². The van der Waals surface area contributed by atoms with Crippen LogP contribution in [0.1, 0.15) is 39.2 Å². The Morgan fingerprint density at radius 1 is 1.03 bits per heavy atom. The predicted octanol–water partition coefficient (Wildman–Crippen LogP) is 4.77. The Morgan fingerprint density at radius 3 is 2.38 bits per heavy atom. The molecular formula is C25H26F2N2O3. The van der Waals surface area contributed by atoms with E-state index in [0.717, 1.165) is 29.9 Å². The van der Waals surface area contributed by atoms with Crippen molar-refractivity contribution < 1.29 is 23.1 Å². The molecule has 1 fully saturated rings. The average molecular weight is 440 g/mol. The number of hydrogen-bond donors (Lipinski definition) is 0. The van der Waals surface area contributed by atoms with Gasteiger partial charge in [0.15, 0.2) is 0 Å². The van der Waals surface area contributed by atoms with Crippen LogP contribution >= 0.6 is 0 Å². The summed E-state index contributed by atoms with van der Waals surface area (Å²) in [6, 6.07) is 9.80. The third-order valence-electron chi connectivity index (χ3n) is 5.70. The van der Waals surface area contributed by atoms with Crippen molar-refractivity contribution in [3.63, 3.8) is 0 Å². The van der Waals surface area contributed by atoms with Crippen LogP contribution in [0.3, 0.4) is 0 Å². The lowest BCUT2D eigenvalue weighted by Gasteiger charge is -2.33. The second kappa shape index (κ2) is 8.73. The Bertz CT molecular complexity index is 1080. The first-order valence-corrected chi connectivity index (χ1v) is 10.9. The predicted molar refractivity (Wildman–Crippen MR) is 118 cm³/mol. The third-order valence-corrected chi connectivity index (χ3v) is 5.70. The molecule has 1 atom stereocenters. The number of rotatable bonds is 5. The number of ether oxygens (including phenoxy) is 1. The number of hydrogen-bond acceptors (Lipinski definition) is 4. The first-order chi connectivity index (χ1) is 15.3. The quantitative estimate of drug-likeness (QED) is 0.629. The van der Waals surface area contributed by atoms with Crippen molar-refractivity contribution in [2.24, 2.45) is 5.92 Å². The van der Waals surface area contributed by atoms with E-state index in [2.05, 4.69) is 6.92 Å². The lowest BCUT2D eigenvalue weighted by Crippen LogP contribution is -2.39. The SMILES string of the molecule is CC1CCCN(C2=C(c3ccc(OC(C)C)cc3)C(=O)N(c3ccc(F)cc3F)C2=O)C1. The summed E-state index contributed by atoms with van der Waals surface area (Å²) in [4.78, 5) is 29.7. The van der Waals surface area contributed by atoms with Gasteiger partial charge in [-0.1, -0.05) is 19.1 Å². The van der Waals surface area contributed by atoms with Gasteiger partial charge in [-0.05, 0) is 62.4 Å². The van der Waals surface area contributed by atoms with Crippen LogP contribution in [-0.2, 0) is 9.59 Å². The van der Waals surface area contributed by atoms with E-state index < -0.39 is 23.4 Å². The third kappa shape index (κ3) is 4.11. The fourth-order valence-corrected chi connectivity index (χ4v) is 4.32. The van der Waals surface area contributed by atoms with Gasteiger partial charge in [0, 0.05) is 19.2 Å². The minimum atomic E-state index is -0.958. The van der Waals surface area contributed by atoms with Gasteiger partial charge in [-0.2, -0.15) is 0 Å². The number of halogens is 2. The molecule has 0 aromatic heterocycles. The molecule has 0 radical (unpaired) electrons. The highest BCUT2D eigenvalue weighted by atomic mass is 19.1. The maximum Gasteiger partial charge on any atom is 0.282 e. The molecule has 2 amide bonds. The van der Waals surface area contributed by atoms with Gasteiger partial charge in [-0.3, -0.25) is 9.59 Å². The van der Waals surface area contributed by atoms with Gasteiger partial charge in [-0.25, -0.2) is 13.7 Å². The summed E-state index contributed by atoms with van der Waals surface area (Å²) < 4.78 is 33.7. The zero-order valence-corrected chi connectivity index (χ0v) is 18.4. The molecule has 2 aromatic carbocycles. The lowest BCUT2D eigenvalue weighted by molar-refractivity contribution is -0.120. The molecule has 2 aliphatic rings. The van der Waals surface area contributed by atoms with Gasteiger partial charge < -0.3 is 9.64 Å². The fraction of sp³-hybridized carbons (Fsp3) is 0.360. The molecule has 4 rings (SSSR count). The van der Waals surface area contributed by atoms with Gasteiger partial charge in [0.05, 0.1) is 17.4 Å². The highest BCUT2D eigenvalue weighted by Gasteiger charge is 2.44. The molecule has 0 spiro atoms. The lowest BCUT2D eigenvalue weighted by atomic mass is 9.97. The summed E-state index contributed by atoms with van der Waals surface area (Å²) in [5.41, 5.74) is 0.795. The number of benzene rings is 2. The number of likely N-dealkylation sites (tertiary alicyclic amines) is 1. The minimum absolute atomic E-state index is 0.00269. The van der Waals surface area contributed by atoms with E-state index in [1.165, 1.54) is 0 Å². The van der Waals surface area contributed by atoms with E-state index in [0.29, 0.717) is 36.4 Å². The van der Waals surface area contributed by atoms with Crippen molar-refractivity contribution in [2.75, 3.05) is 18.0 Å². The normalized spacial score (nSPS) is 19.4. The van der Waals surface area contributed by atoms with Crippen molar-refractivity contribution in [3.05, 3.63) is 65.4 Å². The first kappa shape index (κ1) is 22.0. The standard InChI is InChI=1S/C25H26F2N2O3/c1-15(2)32-19-9-6-17(7-10-19)22-23(28-12-4-5-16(3)14-28)25(31)29(24(22)30)21-11-8-18(26)13-20(21)27/h6-11,13,15-16H,4-5,12,14H2,1-3H3. The molecule has 2 heterocycles. The number of piperidine rings is 1. The molecule has 0 N–H and O–H groups in total. The summed E-state index contributed by atoms with van der Waals surface area (Å²) >= 11 is 0. The number of amides is 2. The van der Waals surface area contributed by atoms with E-state index in [1.807, 2.05) is 18.7 Å². The number of anilines is 1. The van der Waals surface area contributed by atoms with Gasteiger partial charge >= 0.3 is 0 Å². The van der Waals surface area contributed by atoms with Crippen molar-refractivity contribution >= 4 is 23.1 Å². The maximum absolute atomic E-state index is 14.5. The van der Waals surface area contributed by atoms with Crippen LogP contribution in [0.5, 0.6) is 5.75 Å². The van der Waals surface area contributed by atoms with Gasteiger partial charge in [-0.15, -0.1) is 0 Å². The minimum Gasteiger partial charge on any atom is -0.491 e. The van der Waals surface area contributed by atoms with Crippen LogP contribution in [0.15, 0.2) is 48.2 Å². The van der Waals surface area contributed by atoms with Crippen molar-refractivity contribution in [3.8, 4) is 5.75 Å². The Morgan fingerprint density at radius 2 is 1.75 bits per heavy atom. The summed E-state index contributed by atoms with van der Waals surface area (Å²) in [6.45, 7) is 7.20. The Balaban J connectivity index is 1.79. The smallest absolute Gasteiger partial charge is 0.282 e. The highest BCUT2D eigenvalue weighted by Crippen LogP contribution is 2.37. The molecular weight excluding hydrogens is 414 g/mol. The topological polar surface area (TPSA) is 49.9 Å². The second-order valence-corrected chi connectivity index (χ2v) is 8.65. The summed E-state index contributed by atoms with van der Waals surface area (Å²) in [6.07, 6.45) is 1.93. The van der Waals surface area contributed by atoms with Gasteiger partial charge in [0.1, 0.15) is 23.1 Å². The van der Waals surface area contributed by atoms with Crippen LogP contribution < -0.4 is 9.64 Å². The zero-order chi connectivity index (χ0) is 23.0. The summed E-state index contributed by atoms with van der Waals surface area (Å²) in [5.74, 6) is -1.93. The van der Waals surface area contributed by atoms with E-state index in [1.54, 1.807) is 24.3 Å². The van der Waals surface area contributed by atoms with Crippen molar-refractivity contribution in [1.29, 1.82) is 0 Å². The van der Waals surface area contributed by atoms with E-state index >= 15 is 0 Å². The zero-order valence-electron chi connectivity index (χ0n) is 18.4. The van der Waals surface area contributed by atoms with Crippen LogP contribution in [0, 0.1) is 17.6 Å². The molecule has 0 aliphatic carbocycles. The van der Waals surface area contributed by atoms with E-state index in [9.17, 15) is 18.4 Å². The number of carbonyl (C=O) groups is 2. The molecule has 32 heavy (non-hydrogen) atoms. The molecule has 7 heteroatoms. The molecule has 2 aliphatic heterocycles. The summed E-state index contributed by atoms with van der Waals surface area (Å²) in [5, 5.41) is 0. The van der Waals surface area contributed by atoms with Crippen LogP contribution in [0.2, 0.25) is 0 Å². The molecule has 0 saturated carbocycles. The fourth-order valence-electron chi connectivity index (χ4n) is 4.32. The second-order valence-electron chi connectivity index (χ2n) is 8.65. The van der Waals surface area contributed by atoms with E-state index in [4.69, 9.17) is 4.74 Å². The Hall–Kier alpha value is -3.22. The number of carbonyl (C=O) groups excluding carboxylic acids is 2. The maximum atomic E-state index is 14.5. The largest absolute Gasteiger partial charge is 0.491 e. The molecule has 0 bridgehead atoms. The van der Waals surface area contributed by atoms with E-state index in [-0.39, 0.29) is 23.1 Å². The highest BCUT2D eigenvalue weighted by molar-refractivity contribution is 6.45. The van der Waals surface area contributed by atoms with Gasteiger partial charge in [0.2, 0.25) is 0 Å². The number of imide groups is 1. The Kier molecular flexibility index (Phi) is 6.00. The molecule has 168 valence electrons. The molecule has 5 nitrogen and oxygen atoms in total. The summed E-state index contributed by atoms with van der Waals surface area (Å²) in [7, 11) is 0. The number of nitrogens with zero attached hydrogens (tertiary/aromatic N) is 2. The van der Waals surface area contributed by atoms with Crippen LogP contribution in [0.4, 0.5) is 14.5 Å². The first-order valence-electron chi connectivity index (χ1n) is 10.9. The van der Waals surface area contributed by atoms with Crippen LogP contribution in [-0.4, -0.2) is 35.9 Å². The molecule has 2 aromatic rings. The molecule has 1 unspecified atom stereocenters. The Labute approximate surface area is 186 Å².